The number of rotatable bonds is 4. The molecule has 4 heteroatoms. The standard InChI is InChI=1S/C14H12N2O2/c15-8-7-11-4-1-2-5-12(11)10-16-9-3-6-13(16)14(17)18/h1-6,9H,7,10H2,(H,17,18). The first-order chi connectivity index (χ1) is 8.72. The molecule has 2 aromatic rings. The van der Waals surface area contributed by atoms with Gasteiger partial charge in [0.25, 0.3) is 0 Å². The summed E-state index contributed by atoms with van der Waals surface area (Å²) >= 11 is 0. The van der Waals surface area contributed by atoms with E-state index in [1.807, 2.05) is 24.3 Å². The highest BCUT2D eigenvalue weighted by atomic mass is 16.4. The molecule has 1 aromatic heterocycles. The topological polar surface area (TPSA) is 66.0 Å². The van der Waals surface area contributed by atoms with Crippen LogP contribution in [0.2, 0.25) is 0 Å². The van der Waals surface area contributed by atoms with Crippen LogP contribution in [0.1, 0.15) is 21.6 Å². The van der Waals surface area contributed by atoms with Gasteiger partial charge in [-0.2, -0.15) is 5.26 Å². The summed E-state index contributed by atoms with van der Waals surface area (Å²) in [7, 11) is 0. The number of carboxylic acids is 1. The Bertz CT molecular complexity index is 608. The maximum atomic E-state index is 11.0. The smallest absolute Gasteiger partial charge is 0.352 e. The van der Waals surface area contributed by atoms with E-state index < -0.39 is 5.97 Å². The van der Waals surface area contributed by atoms with Crippen molar-refractivity contribution in [1.82, 2.24) is 4.57 Å². The summed E-state index contributed by atoms with van der Waals surface area (Å²) in [6.07, 6.45) is 2.06. The molecule has 0 amide bonds. The van der Waals surface area contributed by atoms with E-state index in [0.717, 1.165) is 11.1 Å². The van der Waals surface area contributed by atoms with Crippen LogP contribution in [0.25, 0.3) is 0 Å². The fraction of sp³-hybridized carbons (Fsp3) is 0.143. The third-order valence-electron chi connectivity index (χ3n) is 2.78. The van der Waals surface area contributed by atoms with Crippen molar-refractivity contribution in [3.05, 3.63) is 59.4 Å². The Hall–Kier alpha value is -2.54. The second kappa shape index (κ2) is 5.19. The number of nitriles is 1. The first kappa shape index (κ1) is 11.9. The molecule has 1 aromatic carbocycles. The van der Waals surface area contributed by atoms with Crippen LogP contribution < -0.4 is 0 Å². The number of carboxylic acid groups (broad SMARTS) is 1. The van der Waals surface area contributed by atoms with E-state index in [2.05, 4.69) is 6.07 Å². The third-order valence-corrected chi connectivity index (χ3v) is 2.78. The predicted octanol–water partition coefficient (Wildman–Crippen LogP) is 2.30. The summed E-state index contributed by atoms with van der Waals surface area (Å²) in [6.45, 7) is 0.465. The van der Waals surface area contributed by atoms with Gasteiger partial charge in [-0.25, -0.2) is 4.79 Å². The van der Waals surface area contributed by atoms with Gasteiger partial charge < -0.3 is 9.67 Å². The minimum atomic E-state index is -0.947. The fourth-order valence-corrected chi connectivity index (χ4v) is 1.90. The minimum Gasteiger partial charge on any atom is -0.477 e. The molecule has 1 N–H and O–H groups in total. The Labute approximate surface area is 105 Å². The molecule has 2 rings (SSSR count). The van der Waals surface area contributed by atoms with Crippen molar-refractivity contribution in [3.63, 3.8) is 0 Å². The predicted molar refractivity (Wildman–Crippen MR) is 66.3 cm³/mol. The molecule has 1 heterocycles. The van der Waals surface area contributed by atoms with Gasteiger partial charge in [-0.3, -0.25) is 0 Å². The van der Waals surface area contributed by atoms with E-state index in [4.69, 9.17) is 10.4 Å². The molecule has 4 nitrogen and oxygen atoms in total. The number of aromatic carboxylic acids is 1. The van der Waals surface area contributed by atoms with Crippen molar-refractivity contribution in [1.29, 1.82) is 5.26 Å². The van der Waals surface area contributed by atoms with Crippen LogP contribution in [-0.4, -0.2) is 15.6 Å². The lowest BCUT2D eigenvalue weighted by Crippen LogP contribution is -2.09. The zero-order valence-electron chi connectivity index (χ0n) is 9.71. The molecule has 0 aliphatic carbocycles. The Kier molecular flexibility index (Phi) is 3.44. The normalized spacial score (nSPS) is 9.94. The van der Waals surface area contributed by atoms with E-state index >= 15 is 0 Å². The lowest BCUT2D eigenvalue weighted by molar-refractivity contribution is 0.0685. The molecule has 18 heavy (non-hydrogen) atoms. The summed E-state index contributed by atoms with van der Waals surface area (Å²) in [5.74, 6) is -0.947. The lowest BCUT2D eigenvalue weighted by atomic mass is 10.1. The largest absolute Gasteiger partial charge is 0.477 e. The number of hydrogen-bond donors (Lipinski definition) is 1. The highest BCUT2D eigenvalue weighted by Gasteiger charge is 2.10. The summed E-state index contributed by atoms with van der Waals surface area (Å²) in [6, 6.07) is 13.0. The SMILES string of the molecule is N#CCc1ccccc1Cn1cccc1C(=O)O. The Balaban J connectivity index is 2.32. The van der Waals surface area contributed by atoms with Gasteiger partial charge in [0, 0.05) is 12.7 Å². The third kappa shape index (κ3) is 2.41. The van der Waals surface area contributed by atoms with Gasteiger partial charge in [0.15, 0.2) is 0 Å². The molecule has 0 saturated carbocycles. The molecule has 0 spiro atoms. The van der Waals surface area contributed by atoms with Gasteiger partial charge in [-0.15, -0.1) is 0 Å². The number of carbonyl (C=O) groups is 1. The lowest BCUT2D eigenvalue weighted by Gasteiger charge is -2.09. The maximum absolute atomic E-state index is 11.0. The zero-order chi connectivity index (χ0) is 13.0. The number of aromatic nitrogens is 1. The highest BCUT2D eigenvalue weighted by Crippen LogP contribution is 2.13. The molecule has 0 fully saturated rings. The molecular weight excluding hydrogens is 228 g/mol. The van der Waals surface area contributed by atoms with Crippen LogP contribution in [0.5, 0.6) is 0 Å². The second-order valence-electron chi connectivity index (χ2n) is 3.93. The van der Waals surface area contributed by atoms with Crippen molar-refractivity contribution < 1.29 is 9.90 Å². The number of benzene rings is 1. The molecule has 0 saturated heterocycles. The van der Waals surface area contributed by atoms with Gasteiger partial charge in [-0.1, -0.05) is 24.3 Å². The molecule has 0 radical (unpaired) electrons. The van der Waals surface area contributed by atoms with Gasteiger partial charge >= 0.3 is 5.97 Å². The average Bonchev–Trinajstić information content (AvgIpc) is 2.80. The van der Waals surface area contributed by atoms with Gasteiger partial charge in [0.2, 0.25) is 0 Å². The molecule has 0 unspecified atom stereocenters. The van der Waals surface area contributed by atoms with Crippen LogP contribution in [0, 0.1) is 11.3 Å². The van der Waals surface area contributed by atoms with E-state index in [9.17, 15) is 4.79 Å². The van der Waals surface area contributed by atoms with E-state index in [0.29, 0.717) is 13.0 Å². The van der Waals surface area contributed by atoms with E-state index in [1.165, 1.54) is 0 Å². The van der Waals surface area contributed by atoms with E-state index in [1.54, 1.807) is 22.9 Å². The van der Waals surface area contributed by atoms with E-state index in [-0.39, 0.29) is 5.69 Å². The van der Waals surface area contributed by atoms with Gasteiger partial charge in [0.05, 0.1) is 12.5 Å². The number of hydrogen-bond acceptors (Lipinski definition) is 2. The first-order valence-electron chi connectivity index (χ1n) is 5.54. The van der Waals surface area contributed by atoms with Crippen LogP contribution >= 0.6 is 0 Å². The van der Waals surface area contributed by atoms with Crippen molar-refractivity contribution >= 4 is 5.97 Å². The first-order valence-corrected chi connectivity index (χ1v) is 5.54. The average molecular weight is 240 g/mol. The summed E-state index contributed by atoms with van der Waals surface area (Å²) in [4.78, 5) is 11.0. The summed E-state index contributed by atoms with van der Waals surface area (Å²) in [5.41, 5.74) is 2.16. The van der Waals surface area contributed by atoms with Crippen molar-refractivity contribution in [2.24, 2.45) is 0 Å². The van der Waals surface area contributed by atoms with Gasteiger partial charge in [-0.05, 0) is 23.3 Å². The van der Waals surface area contributed by atoms with Crippen molar-refractivity contribution in [2.45, 2.75) is 13.0 Å². The molecule has 0 bridgehead atoms. The van der Waals surface area contributed by atoms with Crippen LogP contribution in [0.3, 0.4) is 0 Å². The molecule has 0 aliphatic rings. The minimum absolute atomic E-state index is 0.252. The van der Waals surface area contributed by atoms with Crippen LogP contribution in [-0.2, 0) is 13.0 Å². The molecule has 90 valence electrons. The highest BCUT2D eigenvalue weighted by molar-refractivity contribution is 5.85. The molecule has 0 atom stereocenters. The number of nitrogens with zero attached hydrogens (tertiary/aromatic N) is 2. The quantitative estimate of drug-likeness (QED) is 0.891. The molecular formula is C14H12N2O2. The maximum Gasteiger partial charge on any atom is 0.352 e. The molecule has 0 aliphatic heterocycles. The Morgan fingerprint density at radius 3 is 2.61 bits per heavy atom. The van der Waals surface area contributed by atoms with Crippen LogP contribution in [0.15, 0.2) is 42.6 Å². The Morgan fingerprint density at radius 1 is 1.22 bits per heavy atom. The van der Waals surface area contributed by atoms with Crippen molar-refractivity contribution in [2.75, 3.05) is 0 Å². The Morgan fingerprint density at radius 2 is 1.94 bits per heavy atom. The summed E-state index contributed by atoms with van der Waals surface area (Å²) in [5, 5.41) is 17.8. The van der Waals surface area contributed by atoms with Crippen molar-refractivity contribution in [3.8, 4) is 6.07 Å². The second-order valence-corrected chi connectivity index (χ2v) is 3.93. The van der Waals surface area contributed by atoms with Gasteiger partial charge in [0.1, 0.15) is 5.69 Å². The fourth-order valence-electron chi connectivity index (χ4n) is 1.90. The van der Waals surface area contributed by atoms with Crippen LogP contribution in [0.4, 0.5) is 0 Å². The monoisotopic (exact) mass is 240 g/mol. The zero-order valence-corrected chi connectivity index (χ0v) is 9.71. The summed E-state index contributed by atoms with van der Waals surface area (Å²) < 4.78 is 1.67.